The van der Waals surface area contributed by atoms with E-state index in [0.717, 1.165) is 35.1 Å². The molecule has 40 heavy (non-hydrogen) atoms. The number of anilines is 2. The molecule has 2 heterocycles. The van der Waals surface area contributed by atoms with Crippen LogP contribution in [-0.2, 0) is 7.05 Å². The molecule has 0 aliphatic rings. The van der Waals surface area contributed by atoms with E-state index >= 15 is 0 Å². The van der Waals surface area contributed by atoms with Crippen LogP contribution >= 0.6 is 44.3 Å². The number of benzene rings is 2. The van der Waals surface area contributed by atoms with Crippen molar-refractivity contribution in [3.8, 4) is 11.5 Å². The summed E-state index contributed by atoms with van der Waals surface area (Å²) in [5.41, 5.74) is 10.3. The van der Waals surface area contributed by atoms with E-state index in [1.54, 1.807) is 18.2 Å². The number of hydrogen-bond donors (Lipinski definition) is 5. The number of imidazole rings is 1. The van der Waals surface area contributed by atoms with Gasteiger partial charge in [0.1, 0.15) is 0 Å². The molecule has 0 radical (unpaired) electrons. The minimum Gasteiger partial charge on any atom is -0.388 e. The van der Waals surface area contributed by atoms with Gasteiger partial charge in [-0.05, 0) is 48.5 Å². The number of rotatable bonds is 12. The molecule has 0 saturated carbocycles. The third-order valence-corrected chi connectivity index (χ3v) is 6.84. The number of hydrogen-bond acceptors (Lipinski definition) is 5. The van der Waals surface area contributed by atoms with Crippen molar-refractivity contribution < 1.29 is 9.59 Å². The van der Waals surface area contributed by atoms with Crippen LogP contribution in [0.2, 0.25) is 0 Å². The lowest BCUT2D eigenvalue weighted by atomic mass is 10.1. The molecule has 4 rings (SSSR count). The molecule has 2 aromatic heterocycles. The third-order valence-electron chi connectivity index (χ3n) is 6.13. The zero-order valence-electron chi connectivity index (χ0n) is 21.8. The predicted octanol–water partition coefficient (Wildman–Crippen LogP) is 4.89. The monoisotopic (exact) mass is 692 g/mol. The van der Waals surface area contributed by atoms with E-state index in [-0.39, 0.29) is 30.1 Å². The standard InChI is InChI=1S/C27H30Br2N8O2.ClH/c1-36-16-19(33-27(39)17-2-5-20(6-3-17)37(12-9-28)13-10-29)15-23(36)25-34-21-7-4-18(14-22(21)35-25)26(38)32-11-8-24(30)31;/h2-7,14-16H,8-13H2,1H3,(H3,30,31)(H,32,38)(H,33,39)(H,34,35);1H. The minimum atomic E-state index is -0.245. The van der Waals surface area contributed by atoms with Gasteiger partial charge in [-0.2, -0.15) is 0 Å². The first-order chi connectivity index (χ1) is 18.8. The number of halogens is 3. The van der Waals surface area contributed by atoms with Gasteiger partial charge >= 0.3 is 0 Å². The Morgan fingerprint density at radius 1 is 1.05 bits per heavy atom. The maximum absolute atomic E-state index is 12.9. The molecule has 0 aliphatic heterocycles. The lowest BCUT2D eigenvalue weighted by Gasteiger charge is -2.23. The molecule has 212 valence electrons. The summed E-state index contributed by atoms with van der Waals surface area (Å²) >= 11 is 6.98. The molecule has 0 aliphatic carbocycles. The SMILES string of the molecule is Cl.Cn1cc(NC(=O)c2ccc(N(CCBr)CCBr)cc2)cc1-c1nc2ccc(C(=O)NCCC(=N)N)cc2[nH]1. The second kappa shape index (κ2) is 14.3. The molecule has 2 amide bonds. The second-order valence-corrected chi connectivity index (χ2v) is 10.5. The first-order valence-corrected chi connectivity index (χ1v) is 14.6. The van der Waals surface area contributed by atoms with Gasteiger partial charge in [0.15, 0.2) is 5.82 Å². The lowest BCUT2D eigenvalue weighted by Crippen LogP contribution is -2.27. The molecule has 6 N–H and O–H groups in total. The quantitative estimate of drug-likeness (QED) is 0.0815. The second-order valence-electron chi connectivity index (χ2n) is 8.94. The minimum absolute atomic E-state index is 0. The average Bonchev–Trinajstić information content (AvgIpc) is 3.50. The highest BCUT2D eigenvalue weighted by atomic mass is 79.9. The summed E-state index contributed by atoms with van der Waals surface area (Å²) in [5.74, 6) is 0.199. The number of fused-ring (bicyclic) bond motifs is 1. The number of amidine groups is 1. The highest BCUT2D eigenvalue weighted by Gasteiger charge is 2.15. The van der Waals surface area contributed by atoms with Gasteiger partial charge in [0.2, 0.25) is 0 Å². The smallest absolute Gasteiger partial charge is 0.255 e. The molecule has 0 saturated heterocycles. The van der Waals surface area contributed by atoms with Crippen molar-refractivity contribution in [2.24, 2.45) is 12.8 Å². The Morgan fingerprint density at radius 2 is 1.73 bits per heavy atom. The molecule has 13 heteroatoms. The molecule has 0 bridgehead atoms. The van der Waals surface area contributed by atoms with Crippen LogP contribution in [0.25, 0.3) is 22.6 Å². The largest absolute Gasteiger partial charge is 0.388 e. The molecule has 4 aromatic rings. The van der Waals surface area contributed by atoms with Crippen LogP contribution in [0.4, 0.5) is 11.4 Å². The molecule has 10 nitrogen and oxygen atoms in total. The van der Waals surface area contributed by atoms with Gasteiger partial charge in [-0.15, -0.1) is 12.4 Å². The van der Waals surface area contributed by atoms with E-state index in [1.807, 2.05) is 48.1 Å². The van der Waals surface area contributed by atoms with E-state index in [2.05, 4.69) is 57.4 Å². The Balaban J connectivity index is 0.00000441. The van der Waals surface area contributed by atoms with E-state index in [9.17, 15) is 9.59 Å². The van der Waals surface area contributed by atoms with Crippen molar-refractivity contribution in [1.29, 1.82) is 5.41 Å². The van der Waals surface area contributed by atoms with Gasteiger partial charge in [-0.1, -0.05) is 31.9 Å². The fourth-order valence-electron chi connectivity index (χ4n) is 4.15. The number of aromatic nitrogens is 3. The van der Waals surface area contributed by atoms with Crippen LogP contribution in [0.1, 0.15) is 27.1 Å². The maximum atomic E-state index is 12.9. The Kier molecular flexibility index (Phi) is 11.2. The van der Waals surface area contributed by atoms with Gasteiger partial charge in [0, 0.05) is 66.8 Å². The number of carbonyl (C=O) groups is 2. The number of aromatic amines is 1. The average molecular weight is 695 g/mol. The number of nitrogens with one attached hydrogen (secondary N) is 4. The fourth-order valence-corrected chi connectivity index (χ4v) is 5.01. The predicted molar refractivity (Wildman–Crippen MR) is 171 cm³/mol. The first-order valence-electron chi connectivity index (χ1n) is 12.3. The Bertz CT molecular complexity index is 1480. The number of aryl methyl sites for hydroxylation is 1. The number of nitrogens with zero attached hydrogens (tertiary/aromatic N) is 3. The van der Waals surface area contributed by atoms with Gasteiger partial charge < -0.3 is 30.8 Å². The van der Waals surface area contributed by atoms with Crippen molar-refractivity contribution >= 4 is 84.3 Å². The Morgan fingerprint density at radius 3 is 2.38 bits per heavy atom. The highest BCUT2D eigenvalue weighted by Crippen LogP contribution is 2.26. The van der Waals surface area contributed by atoms with Crippen LogP contribution in [0, 0.1) is 5.41 Å². The van der Waals surface area contributed by atoms with Crippen LogP contribution < -0.4 is 21.3 Å². The van der Waals surface area contributed by atoms with E-state index < -0.39 is 0 Å². The summed E-state index contributed by atoms with van der Waals surface area (Å²) in [4.78, 5) is 35.5. The summed E-state index contributed by atoms with van der Waals surface area (Å²) in [6.45, 7) is 2.05. The van der Waals surface area contributed by atoms with E-state index in [0.29, 0.717) is 46.6 Å². The number of H-pyrrole nitrogens is 1. The Hall–Kier alpha value is -3.35. The zero-order valence-corrected chi connectivity index (χ0v) is 25.8. The molecule has 0 fully saturated rings. The highest BCUT2D eigenvalue weighted by molar-refractivity contribution is 9.09. The van der Waals surface area contributed by atoms with Crippen molar-refractivity contribution in [2.75, 3.05) is 40.5 Å². The lowest BCUT2D eigenvalue weighted by molar-refractivity contribution is 0.0954. The molecular formula is C27H31Br2ClN8O2. The summed E-state index contributed by atoms with van der Waals surface area (Å²) in [7, 11) is 1.88. The van der Waals surface area contributed by atoms with Gasteiger partial charge in [-0.25, -0.2) is 4.98 Å². The summed E-state index contributed by atoms with van der Waals surface area (Å²) in [6.07, 6.45) is 2.13. The molecule has 0 spiro atoms. The third kappa shape index (κ3) is 7.64. The van der Waals surface area contributed by atoms with Gasteiger partial charge in [0.05, 0.1) is 28.3 Å². The van der Waals surface area contributed by atoms with E-state index in [1.165, 1.54) is 0 Å². The molecule has 0 unspecified atom stereocenters. The zero-order chi connectivity index (χ0) is 27.9. The van der Waals surface area contributed by atoms with Crippen molar-refractivity contribution in [2.45, 2.75) is 6.42 Å². The summed E-state index contributed by atoms with van der Waals surface area (Å²) < 4.78 is 1.88. The molecule has 0 atom stereocenters. The van der Waals surface area contributed by atoms with Crippen LogP contribution in [0.3, 0.4) is 0 Å². The summed E-state index contributed by atoms with van der Waals surface area (Å²) in [5, 5.41) is 14.7. The van der Waals surface area contributed by atoms with E-state index in [4.69, 9.17) is 11.1 Å². The number of nitrogens with two attached hydrogens (primary N) is 1. The molecule has 2 aromatic carbocycles. The van der Waals surface area contributed by atoms with Crippen LogP contribution in [-0.4, -0.2) is 62.5 Å². The van der Waals surface area contributed by atoms with Crippen LogP contribution in [0.15, 0.2) is 54.7 Å². The normalized spacial score (nSPS) is 10.7. The Labute approximate surface area is 255 Å². The fraction of sp³-hybridized carbons (Fsp3) is 0.259. The molecular weight excluding hydrogens is 664 g/mol. The van der Waals surface area contributed by atoms with Gasteiger partial charge in [-0.3, -0.25) is 15.0 Å². The number of amides is 2. The topological polar surface area (TPSA) is 145 Å². The van der Waals surface area contributed by atoms with Crippen molar-refractivity contribution in [3.05, 3.63) is 65.9 Å². The first kappa shape index (κ1) is 31.2. The van der Waals surface area contributed by atoms with Crippen molar-refractivity contribution in [1.82, 2.24) is 19.9 Å². The number of alkyl halides is 2. The van der Waals surface area contributed by atoms with Crippen LogP contribution in [0.5, 0.6) is 0 Å². The maximum Gasteiger partial charge on any atom is 0.255 e. The number of carbonyl (C=O) groups excluding carboxylic acids is 2. The van der Waals surface area contributed by atoms with Gasteiger partial charge in [0.25, 0.3) is 11.8 Å². The van der Waals surface area contributed by atoms with Crippen molar-refractivity contribution in [3.63, 3.8) is 0 Å². The summed E-state index contributed by atoms with van der Waals surface area (Å²) in [6, 6.07) is 14.7.